The second kappa shape index (κ2) is 11.8. The van der Waals surface area contributed by atoms with E-state index in [2.05, 4.69) is 21.2 Å². The summed E-state index contributed by atoms with van der Waals surface area (Å²) in [6.45, 7) is -0.278. The van der Waals surface area contributed by atoms with Crippen LogP contribution in [0.3, 0.4) is 0 Å². The Morgan fingerprint density at radius 3 is 2.30 bits per heavy atom. The zero-order valence-corrected chi connectivity index (χ0v) is 27.4. The lowest BCUT2D eigenvalue weighted by Gasteiger charge is -2.31. The summed E-state index contributed by atoms with van der Waals surface area (Å²) >= 11 is 17.7. The first kappa shape index (κ1) is 30.0. The number of thioether (sulfide) groups is 1. The molecule has 2 aliphatic rings. The average molecular weight is 718 g/mol. The minimum absolute atomic E-state index is 0.278. The summed E-state index contributed by atoms with van der Waals surface area (Å²) in [7, 11) is 3.87. The second-order valence-electron chi connectivity index (χ2n) is 10.3. The predicted octanol–water partition coefficient (Wildman–Crippen LogP) is 6.48. The zero-order valence-electron chi connectivity index (χ0n) is 22.7. The largest absolute Gasteiger partial charge is 0.378 e. The van der Waals surface area contributed by atoms with Gasteiger partial charge in [0.15, 0.2) is 0 Å². The summed E-state index contributed by atoms with van der Waals surface area (Å²) in [6, 6.07) is 19.5. The highest BCUT2D eigenvalue weighted by Gasteiger charge is 2.56. The Morgan fingerprint density at radius 2 is 1.65 bits per heavy atom. The van der Waals surface area contributed by atoms with Crippen LogP contribution in [0.25, 0.3) is 0 Å². The number of hydrogen-bond acceptors (Lipinski definition) is 7. The Bertz CT molecular complexity index is 1830. The molecule has 6 rings (SSSR count). The van der Waals surface area contributed by atoms with Gasteiger partial charge < -0.3 is 10.2 Å². The molecule has 1 aromatic heterocycles. The molecule has 2 aliphatic heterocycles. The summed E-state index contributed by atoms with van der Waals surface area (Å²) < 4.78 is 2.21. The van der Waals surface area contributed by atoms with E-state index in [4.69, 9.17) is 23.2 Å². The van der Waals surface area contributed by atoms with Crippen LogP contribution in [0.4, 0.5) is 17.1 Å². The fraction of sp³-hybridized carbons (Fsp3) is 0.200. The Balaban J connectivity index is 1.40. The number of hydrogen-bond donors (Lipinski definition) is 1. The third-order valence-corrected chi connectivity index (χ3v) is 11.3. The first-order valence-corrected chi connectivity index (χ1v) is 16.3. The van der Waals surface area contributed by atoms with Crippen molar-refractivity contribution in [1.82, 2.24) is 4.57 Å². The molecule has 8 nitrogen and oxygen atoms in total. The number of amides is 3. The third kappa shape index (κ3) is 5.53. The van der Waals surface area contributed by atoms with Crippen molar-refractivity contribution in [3.8, 4) is 0 Å². The van der Waals surface area contributed by atoms with E-state index in [9.17, 15) is 19.2 Å². The fourth-order valence-electron chi connectivity index (χ4n) is 5.36. The van der Waals surface area contributed by atoms with Gasteiger partial charge in [-0.15, -0.1) is 0 Å². The van der Waals surface area contributed by atoms with Crippen LogP contribution in [0.15, 0.2) is 81.0 Å². The SMILES string of the molecule is CN(C)c1ccc(C2c3sc(=O)n(CC(=O)Nc4ccc(Cl)c(Cl)c4)c3SC3C(=O)N(c4ccc(Br)cc4)C(=O)C32)cc1. The lowest BCUT2D eigenvalue weighted by molar-refractivity contribution is -0.122. The van der Waals surface area contributed by atoms with Gasteiger partial charge in [0.1, 0.15) is 11.8 Å². The molecule has 3 unspecified atom stereocenters. The molecule has 1 saturated heterocycles. The first-order chi connectivity index (χ1) is 20.5. The maximum atomic E-state index is 14.0. The molecule has 3 heterocycles. The number of halogens is 3. The summed E-state index contributed by atoms with van der Waals surface area (Å²) in [4.78, 5) is 57.9. The number of nitrogens with one attached hydrogen (secondary N) is 1. The van der Waals surface area contributed by atoms with E-state index in [1.807, 2.05) is 43.3 Å². The van der Waals surface area contributed by atoms with E-state index in [1.165, 1.54) is 27.3 Å². The summed E-state index contributed by atoms with van der Waals surface area (Å²) in [5.74, 6) is -2.39. The van der Waals surface area contributed by atoms with E-state index in [-0.39, 0.29) is 28.3 Å². The lowest BCUT2D eigenvalue weighted by Crippen LogP contribution is -2.33. The molecule has 0 radical (unpaired) electrons. The van der Waals surface area contributed by atoms with E-state index in [1.54, 1.807) is 36.4 Å². The van der Waals surface area contributed by atoms with Crippen LogP contribution in [0.1, 0.15) is 16.4 Å². The minimum atomic E-state index is -0.777. The molecule has 3 aromatic carbocycles. The topological polar surface area (TPSA) is 91.7 Å². The predicted molar refractivity (Wildman–Crippen MR) is 176 cm³/mol. The molecular formula is C30H23BrCl2N4O4S2. The highest BCUT2D eigenvalue weighted by molar-refractivity contribution is 9.10. The van der Waals surface area contributed by atoms with Crippen LogP contribution < -0.4 is 20.0 Å². The van der Waals surface area contributed by atoms with Gasteiger partial charge >= 0.3 is 4.87 Å². The van der Waals surface area contributed by atoms with Crippen molar-refractivity contribution in [2.45, 2.75) is 22.7 Å². The molecule has 0 spiro atoms. The number of rotatable bonds is 6. The van der Waals surface area contributed by atoms with Crippen LogP contribution >= 0.6 is 62.2 Å². The number of carbonyl (C=O) groups is 3. The number of fused-ring (bicyclic) bond motifs is 2. The number of carbonyl (C=O) groups excluding carboxylic acids is 3. The molecule has 43 heavy (non-hydrogen) atoms. The number of anilines is 3. The van der Waals surface area contributed by atoms with Crippen molar-refractivity contribution in [3.05, 3.63) is 101 Å². The van der Waals surface area contributed by atoms with Gasteiger partial charge in [-0.2, -0.15) is 0 Å². The van der Waals surface area contributed by atoms with Crippen molar-refractivity contribution < 1.29 is 14.4 Å². The Hall–Kier alpha value is -3.09. The van der Waals surface area contributed by atoms with Crippen LogP contribution in [0.2, 0.25) is 10.0 Å². The van der Waals surface area contributed by atoms with Gasteiger partial charge in [-0.1, -0.05) is 74.4 Å². The highest BCUT2D eigenvalue weighted by Crippen LogP contribution is 2.54. The average Bonchev–Trinajstić information content (AvgIpc) is 3.41. The molecule has 0 bridgehead atoms. The summed E-state index contributed by atoms with van der Waals surface area (Å²) in [5.41, 5.74) is 2.71. The van der Waals surface area contributed by atoms with Crippen LogP contribution in [0.5, 0.6) is 0 Å². The smallest absolute Gasteiger partial charge is 0.308 e. The van der Waals surface area contributed by atoms with Crippen LogP contribution in [0, 0.1) is 5.92 Å². The van der Waals surface area contributed by atoms with E-state index in [0.29, 0.717) is 26.3 Å². The number of nitrogens with zero attached hydrogens (tertiary/aromatic N) is 3. The molecule has 3 atom stereocenters. The summed E-state index contributed by atoms with van der Waals surface area (Å²) in [6.07, 6.45) is 0. The quantitative estimate of drug-likeness (QED) is 0.230. The third-order valence-electron chi connectivity index (χ3n) is 7.41. The molecule has 4 aromatic rings. The lowest BCUT2D eigenvalue weighted by atomic mass is 9.83. The van der Waals surface area contributed by atoms with Gasteiger partial charge in [0.25, 0.3) is 0 Å². The Morgan fingerprint density at radius 1 is 0.953 bits per heavy atom. The van der Waals surface area contributed by atoms with Gasteiger partial charge in [-0.05, 0) is 60.2 Å². The molecule has 13 heteroatoms. The monoisotopic (exact) mass is 716 g/mol. The molecule has 220 valence electrons. The molecule has 1 fully saturated rings. The van der Waals surface area contributed by atoms with Crippen molar-refractivity contribution in [2.24, 2.45) is 5.92 Å². The van der Waals surface area contributed by atoms with Crippen molar-refractivity contribution >= 4 is 97.0 Å². The van der Waals surface area contributed by atoms with Crippen LogP contribution in [-0.4, -0.2) is 41.6 Å². The van der Waals surface area contributed by atoms with Gasteiger partial charge in [-0.25, -0.2) is 4.90 Å². The zero-order chi connectivity index (χ0) is 30.6. The molecule has 0 aliphatic carbocycles. The van der Waals surface area contributed by atoms with Crippen molar-refractivity contribution in [1.29, 1.82) is 0 Å². The number of imide groups is 1. The number of thiazole rings is 1. The highest BCUT2D eigenvalue weighted by atomic mass is 79.9. The Kier molecular flexibility index (Phi) is 8.20. The standard InChI is InChI=1S/C30H23BrCl2N4O4S2/c1-35(2)18-8-3-15(4-9-18)23-24-25(28(40)37(27(24)39)19-10-5-16(31)6-11-19)42-29-26(23)43-30(41)36(29)14-22(38)34-17-7-12-20(32)21(33)13-17/h3-13,23-25H,14H2,1-2H3,(H,34,38). The van der Waals surface area contributed by atoms with Gasteiger partial charge in [0.2, 0.25) is 17.7 Å². The van der Waals surface area contributed by atoms with Gasteiger partial charge in [-0.3, -0.25) is 23.7 Å². The fourth-order valence-corrected chi connectivity index (χ4v) is 8.69. The molecule has 1 N–H and O–H groups in total. The second-order valence-corrected chi connectivity index (χ2v) is 14.2. The van der Waals surface area contributed by atoms with Gasteiger partial charge in [0.05, 0.1) is 26.7 Å². The molecule has 3 amide bonds. The first-order valence-electron chi connectivity index (χ1n) is 13.1. The number of aromatic nitrogens is 1. The van der Waals surface area contributed by atoms with Gasteiger partial charge in [0, 0.05) is 40.7 Å². The van der Waals surface area contributed by atoms with E-state index >= 15 is 0 Å². The number of benzene rings is 3. The maximum absolute atomic E-state index is 14.0. The summed E-state index contributed by atoms with van der Waals surface area (Å²) in [5, 5.41) is 3.13. The molecular weight excluding hydrogens is 695 g/mol. The van der Waals surface area contributed by atoms with Crippen molar-refractivity contribution in [3.63, 3.8) is 0 Å². The van der Waals surface area contributed by atoms with E-state index < -0.39 is 23.0 Å². The van der Waals surface area contributed by atoms with Crippen molar-refractivity contribution in [2.75, 3.05) is 29.2 Å². The minimum Gasteiger partial charge on any atom is -0.378 e. The van der Waals surface area contributed by atoms with E-state index in [0.717, 1.165) is 27.1 Å². The Labute approximate surface area is 273 Å². The maximum Gasteiger partial charge on any atom is 0.308 e. The van der Waals surface area contributed by atoms with Crippen LogP contribution in [-0.2, 0) is 20.9 Å². The normalized spacial score (nSPS) is 19.3. The molecule has 0 saturated carbocycles.